The molecule has 0 aliphatic carbocycles. The first-order valence-electron chi connectivity index (χ1n) is 7.93. The third kappa shape index (κ3) is 4.39. The molecule has 3 rings (SSSR count). The first-order chi connectivity index (χ1) is 11.9. The zero-order valence-corrected chi connectivity index (χ0v) is 16.0. The summed E-state index contributed by atoms with van der Waals surface area (Å²) in [6, 6.07) is 10.3. The molecule has 0 saturated carbocycles. The van der Waals surface area contributed by atoms with Crippen LogP contribution in [0.3, 0.4) is 0 Å². The molecule has 0 spiro atoms. The van der Waals surface area contributed by atoms with Gasteiger partial charge in [-0.3, -0.25) is 4.79 Å². The van der Waals surface area contributed by atoms with E-state index in [4.69, 9.17) is 34.8 Å². The van der Waals surface area contributed by atoms with Gasteiger partial charge in [0.25, 0.3) is 5.91 Å². The SMILES string of the molecule is CN1CCN(c2ccc(Cl)cc2NC(=O)c2ccc(Cl)cc2Cl)CC1. The fourth-order valence-corrected chi connectivity index (χ4v) is 3.46. The summed E-state index contributed by atoms with van der Waals surface area (Å²) in [5.74, 6) is -0.292. The summed E-state index contributed by atoms with van der Waals surface area (Å²) in [4.78, 5) is 17.2. The van der Waals surface area contributed by atoms with E-state index in [-0.39, 0.29) is 5.91 Å². The molecule has 0 bridgehead atoms. The maximum absolute atomic E-state index is 12.6. The molecule has 0 radical (unpaired) electrons. The minimum atomic E-state index is -0.292. The van der Waals surface area contributed by atoms with Crippen LogP contribution in [-0.4, -0.2) is 44.0 Å². The Balaban J connectivity index is 1.86. The molecule has 0 unspecified atom stereocenters. The predicted molar refractivity (Wildman–Crippen MR) is 106 cm³/mol. The van der Waals surface area contributed by atoms with Crippen LogP contribution in [0.2, 0.25) is 15.1 Å². The topological polar surface area (TPSA) is 35.6 Å². The molecular formula is C18H18Cl3N3O. The fourth-order valence-electron chi connectivity index (χ4n) is 2.79. The monoisotopic (exact) mass is 397 g/mol. The summed E-state index contributed by atoms with van der Waals surface area (Å²) < 4.78 is 0. The van der Waals surface area contributed by atoms with Gasteiger partial charge in [0.15, 0.2) is 0 Å². The summed E-state index contributed by atoms with van der Waals surface area (Å²) in [6.07, 6.45) is 0. The normalized spacial score (nSPS) is 15.3. The molecule has 2 aromatic rings. The van der Waals surface area contributed by atoms with Gasteiger partial charge in [-0.25, -0.2) is 0 Å². The van der Waals surface area contributed by atoms with Crippen LogP contribution in [0.15, 0.2) is 36.4 Å². The number of anilines is 2. The van der Waals surface area contributed by atoms with Crippen molar-refractivity contribution in [2.45, 2.75) is 0 Å². The quantitative estimate of drug-likeness (QED) is 0.817. The van der Waals surface area contributed by atoms with E-state index in [1.54, 1.807) is 24.3 Å². The number of nitrogens with one attached hydrogen (secondary N) is 1. The highest BCUT2D eigenvalue weighted by Gasteiger charge is 2.19. The second kappa shape index (κ2) is 7.83. The summed E-state index contributed by atoms with van der Waals surface area (Å²) in [7, 11) is 2.10. The van der Waals surface area contributed by atoms with Crippen LogP contribution in [0.25, 0.3) is 0 Å². The molecule has 1 aliphatic rings. The van der Waals surface area contributed by atoms with Crippen molar-refractivity contribution in [2.75, 3.05) is 43.4 Å². The van der Waals surface area contributed by atoms with E-state index in [0.717, 1.165) is 31.9 Å². The Hall–Kier alpha value is -1.46. The lowest BCUT2D eigenvalue weighted by Gasteiger charge is -2.35. The second-order valence-electron chi connectivity index (χ2n) is 6.03. The van der Waals surface area contributed by atoms with Gasteiger partial charge in [-0.1, -0.05) is 34.8 Å². The van der Waals surface area contributed by atoms with Crippen LogP contribution in [0.4, 0.5) is 11.4 Å². The summed E-state index contributed by atoms with van der Waals surface area (Å²) >= 11 is 18.2. The zero-order chi connectivity index (χ0) is 18.0. The van der Waals surface area contributed by atoms with E-state index < -0.39 is 0 Å². The fraction of sp³-hybridized carbons (Fsp3) is 0.278. The maximum Gasteiger partial charge on any atom is 0.257 e. The van der Waals surface area contributed by atoms with Gasteiger partial charge >= 0.3 is 0 Å². The van der Waals surface area contributed by atoms with Crippen molar-refractivity contribution < 1.29 is 4.79 Å². The lowest BCUT2D eigenvalue weighted by Crippen LogP contribution is -2.44. The van der Waals surface area contributed by atoms with E-state index in [0.29, 0.717) is 26.3 Å². The zero-order valence-electron chi connectivity index (χ0n) is 13.7. The Morgan fingerprint density at radius 2 is 1.60 bits per heavy atom. The van der Waals surface area contributed by atoms with E-state index >= 15 is 0 Å². The number of amides is 1. The first-order valence-corrected chi connectivity index (χ1v) is 9.07. The van der Waals surface area contributed by atoms with Crippen LogP contribution in [-0.2, 0) is 0 Å². The maximum atomic E-state index is 12.6. The molecule has 7 heteroatoms. The molecule has 1 aliphatic heterocycles. The number of piperazine rings is 1. The number of benzene rings is 2. The Bertz CT molecular complexity index is 789. The molecule has 1 N–H and O–H groups in total. The van der Waals surface area contributed by atoms with Crippen molar-refractivity contribution in [1.29, 1.82) is 0 Å². The average Bonchev–Trinajstić information content (AvgIpc) is 2.56. The number of rotatable bonds is 3. The number of likely N-dealkylation sites (N-methyl/N-ethyl adjacent to an activating group) is 1. The number of hydrogen-bond donors (Lipinski definition) is 1. The largest absolute Gasteiger partial charge is 0.367 e. The van der Waals surface area contributed by atoms with Gasteiger partial charge in [0.2, 0.25) is 0 Å². The van der Waals surface area contributed by atoms with Crippen molar-refractivity contribution in [3.05, 3.63) is 57.0 Å². The number of halogens is 3. The Labute approximate surface area is 162 Å². The van der Waals surface area contributed by atoms with E-state index in [1.165, 1.54) is 0 Å². The first kappa shape index (κ1) is 18.3. The summed E-state index contributed by atoms with van der Waals surface area (Å²) in [5.41, 5.74) is 2.00. The standard InChI is InChI=1S/C18H18Cl3N3O/c1-23-6-8-24(9-7-23)17-5-3-13(20)11-16(17)22-18(25)14-4-2-12(19)10-15(14)21/h2-5,10-11H,6-9H2,1H3,(H,22,25). The van der Waals surface area contributed by atoms with Crippen LogP contribution in [0.1, 0.15) is 10.4 Å². The van der Waals surface area contributed by atoms with Gasteiger partial charge < -0.3 is 15.1 Å². The Kier molecular flexibility index (Phi) is 5.74. The van der Waals surface area contributed by atoms with Crippen LogP contribution >= 0.6 is 34.8 Å². The smallest absolute Gasteiger partial charge is 0.257 e. The Morgan fingerprint density at radius 3 is 2.28 bits per heavy atom. The minimum Gasteiger partial charge on any atom is -0.367 e. The van der Waals surface area contributed by atoms with Gasteiger partial charge in [-0.2, -0.15) is 0 Å². The molecule has 2 aromatic carbocycles. The van der Waals surface area contributed by atoms with Crippen LogP contribution in [0.5, 0.6) is 0 Å². The lowest BCUT2D eigenvalue weighted by atomic mass is 10.1. The molecular weight excluding hydrogens is 381 g/mol. The highest BCUT2D eigenvalue weighted by atomic mass is 35.5. The van der Waals surface area contributed by atoms with Gasteiger partial charge in [-0.05, 0) is 43.4 Å². The molecule has 1 fully saturated rings. The third-order valence-electron chi connectivity index (χ3n) is 4.23. The van der Waals surface area contributed by atoms with Crippen molar-refractivity contribution in [2.24, 2.45) is 0 Å². The summed E-state index contributed by atoms with van der Waals surface area (Å²) in [5, 5.41) is 4.30. The molecule has 4 nitrogen and oxygen atoms in total. The third-order valence-corrected chi connectivity index (χ3v) is 5.01. The van der Waals surface area contributed by atoms with Gasteiger partial charge in [0.1, 0.15) is 0 Å². The molecule has 132 valence electrons. The van der Waals surface area contributed by atoms with Crippen molar-refractivity contribution in [3.8, 4) is 0 Å². The highest BCUT2D eigenvalue weighted by molar-refractivity contribution is 6.37. The number of nitrogens with zero attached hydrogens (tertiary/aromatic N) is 2. The molecule has 0 atom stereocenters. The minimum absolute atomic E-state index is 0.292. The number of carbonyl (C=O) groups excluding carboxylic acids is 1. The van der Waals surface area contributed by atoms with Crippen LogP contribution < -0.4 is 10.2 Å². The second-order valence-corrected chi connectivity index (χ2v) is 7.31. The highest BCUT2D eigenvalue weighted by Crippen LogP contribution is 2.31. The molecule has 1 heterocycles. The molecule has 1 amide bonds. The van der Waals surface area contributed by atoms with E-state index in [9.17, 15) is 4.79 Å². The van der Waals surface area contributed by atoms with E-state index in [1.807, 2.05) is 12.1 Å². The van der Waals surface area contributed by atoms with Gasteiger partial charge in [0.05, 0.1) is 22.0 Å². The van der Waals surface area contributed by atoms with E-state index in [2.05, 4.69) is 22.2 Å². The van der Waals surface area contributed by atoms with Gasteiger partial charge in [0, 0.05) is 36.2 Å². The molecule has 25 heavy (non-hydrogen) atoms. The van der Waals surface area contributed by atoms with Crippen molar-refractivity contribution in [1.82, 2.24) is 4.90 Å². The molecule has 0 aromatic heterocycles. The number of carbonyl (C=O) groups is 1. The predicted octanol–water partition coefficient (Wildman–Crippen LogP) is 4.65. The van der Waals surface area contributed by atoms with Crippen LogP contribution in [0, 0.1) is 0 Å². The average molecular weight is 399 g/mol. The lowest BCUT2D eigenvalue weighted by molar-refractivity contribution is 0.102. The Morgan fingerprint density at radius 1 is 0.960 bits per heavy atom. The van der Waals surface area contributed by atoms with Crippen molar-refractivity contribution >= 4 is 52.1 Å². The number of hydrogen-bond acceptors (Lipinski definition) is 3. The van der Waals surface area contributed by atoms with Crippen molar-refractivity contribution in [3.63, 3.8) is 0 Å². The van der Waals surface area contributed by atoms with Gasteiger partial charge in [-0.15, -0.1) is 0 Å². The molecule has 1 saturated heterocycles. The summed E-state index contributed by atoms with van der Waals surface area (Å²) in [6.45, 7) is 3.73.